The average molecular weight is 534 g/mol. The van der Waals surface area contributed by atoms with Gasteiger partial charge in [-0.15, -0.1) is 5.10 Å². The number of aromatic nitrogens is 5. The molecule has 3 aromatic heterocycles. The minimum Gasteiger partial charge on any atom is -0.497 e. The lowest BCUT2D eigenvalue weighted by Gasteiger charge is -2.34. The zero-order chi connectivity index (χ0) is 26.6. The molecule has 1 aromatic carbocycles. The Labute approximate surface area is 223 Å². The Morgan fingerprint density at radius 2 is 1.63 bits per heavy atom. The third-order valence-corrected chi connectivity index (χ3v) is 7.03. The van der Waals surface area contributed by atoms with Gasteiger partial charge < -0.3 is 19.0 Å². The van der Waals surface area contributed by atoms with Crippen LogP contribution >= 0.6 is 11.8 Å². The van der Waals surface area contributed by atoms with Crippen LogP contribution in [0, 0.1) is 13.8 Å². The molecule has 0 aliphatic carbocycles. The van der Waals surface area contributed by atoms with Crippen molar-refractivity contribution in [2.45, 2.75) is 24.8 Å². The Hall–Kier alpha value is -4.19. The summed E-state index contributed by atoms with van der Waals surface area (Å²) in [5, 5.41) is 9.24. The van der Waals surface area contributed by atoms with Crippen LogP contribution in [-0.2, 0) is 5.75 Å². The molecule has 1 aliphatic rings. The Balaban J connectivity index is 1.38. The molecule has 0 atom stereocenters. The minimum absolute atomic E-state index is 0.182. The second-order valence-corrected chi connectivity index (χ2v) is 9.72. The predicted octanol–water partition coefficient (Wildman–Crippen LogP) is 3.17. The number of benzene rings is 1. The molecule has 5 rings (SSSR count). The Morgan fingerprint density at radius 3 is 2.24 bits per heavy atom. The van der Waals surface area contributed by atoms with Crippen LogP contribution in [0.1, 0.15) is 38.1 Å². The van der Waals surface area contributed by atoms with Gasteiger partial charge in [0.1, 0.15) is 5.75 Å². The van der Waals surface area contributed by atoms with E-state index in [0.717, 1.165) is 17.1 Å². The average Bonchev–Trinajstić information content (AvgIpc) is 3.61. The molecule has 0 bridgehead atoms. The molecule has 4 heterocycles. The number of aryl methyl sites for hydroxylation is 2. The number of ether oxygens (including phenoxy) is 1. The number of thioether (sulfide) groups is 1. The van der Waals surface area contributed by atoms with Crippen LogP contribution in [0.3, 0.4) is 0 Å². The van der Waals surface area contributed by atoms with E-state index in [9.17, 15) is 9.59 Å². The molecule has 0 spiro atoms. The van der Waals surface area contributed by atoms with Crippen molar-refractivity contribution in [2.75, 3.05) is 33.3 Å². The summed E-state index contributed by atoms with van der Waals surface area (Å²) in [7, 11) is 1.61. The van der Waals surface area contributed by atoms with Crippen LogP contribution in [0.2, 0.25) is 0 Å². The summed E-state index contributed by atoms with van der Waals surface area (Å²) in [6, 6.07) is 12.6. The van der Waals surface area contributed by atoms with E-state index in [2.05, 4.69) is 20.3 Å². The molecule has 4 aromatic rings. The van der Waals surface area contributed by atoms with Crippen LogP contribution in [0.4, 0.5) is 0 Å². The molecular weight excluding hydrogens is 506 g/mol. The topological polar surface area (TPSA) is 119 Å². The predicted molar refractivity (Wildman–Crippen MR) is 139 cm³/mol. The highest BCUT2D eigenvalue weighted by Gasteiger charge is 2.30. The normalized spacial score (nSPS) is 13.6. The summed E-state index contributed by atoms with van der Waals surface area (Å²) >= 11 is 1.42. The first-order valence-corrected chi connectivity index (χ1v) is 13.1. The molecule has 0 unspecified atom stereocenters. The maximum Gasteiger partial charge on any atom is 0.289 e. The van der Waals surface area contributed by atoms with Crippen LogP contribution in [0.15, 0.2) is 58.3 Å². The van der Waals surface area contributed by atoms with Crippen LogP contribution in [0.5, 0.6) is 5.75 Å². The maximum absolute atomic E-state index is 13.6. The van der Waals surface area contributed by atoms with Gasteiger partial charge in [0.05, 0.1) is 24.8 Å². The Kier molecular flexibility index (Phi) is 7.40. The van der Waals surface area contributed by atoms with Crippen molar-refractivity contribution >= 4 is 23.6 Å². The third kappa shape index (κ3) is 5.40. The molecule has 11 nitrogen and oxygen atoms in total. The Morgan fingerprint density at radius 1 is 0.974 bits per heavy atom. The lowest BCUT2D eigenvalue weighted by molar-refractivity contribution is 0.0514. The number of carbonyl (C=O) groups is 2. The molecule has 1 saturated heterocycles. The summed E-state index contributed by atoms with van der Waals surface area (Å²) in [5.74, 6) is 0.983. The zero-order valence-corrected chi connectivity index (χ0v) is 22.1. The SMILES string of the molecule is COc1ccc(-n2nnc(C(=O)N3CCN(C(=O)c4ccco4)CC3)c2CSc2nc(C)cc(C)n2)cc1. The summed E-state index contributed by atoms with van der Waals surface area (Å²) in [5.41, 5.74) is 3.41. The van der Waals surface area contributed by atoms with Gasteiger partial charge in [-0.1, -0.05) is 17.0 Å². The monoisotopic (exact) mass is 533 g/mol. The summed E-state index contributed by atoms with van der Waals surface area (Å²) < 4.78 is 12.2. The number of amides is 2. The molecular formula is C26H27N7O4S. The summed E-state index contributed by atoms with van der Waals surface area (Å²) in [4.78, 5) is 38.6. The van der Waals surface area contributed by atoms with Crippen LogP contribution in [-0.4, -0.2) is 79.9 Å². The summed E-state index contributed by atoms with van der Waals surface area (Å²) in [6.45, 7) is 5.41. The zero-order valence-electron chi connectivity index (χ0n) is 21.3. The second-order valence-electron chi connectivity index (χ2n) is 8.78. The maximum atomic E-state index is 13.6. The van der Waals surface area contributed by atoms with E-state index in [1.165, 1.54) is 18.0 Å². The highest BCUT2D eigenvalue weighted by atomic mass is 32.2. The van der Waals surface area contributed by atoms with Gasteiger partial charge in [0, 0.05) is 43.3 Å². The molecule has 38 heavy (non-hydrogen) atoms. The molecule has 1 fully saturated rings. The van der Waals surface area contributed by atoms with Crippen molar-refractivity contribution in [3.05, 3.63) is 77.3 Å². The quantitative estimate of drug-likeness (QED) is 0.261. The third-order valence-electron chi connectivity index (χ3n) is 6.17. The fourth-order valence-corrected chi connectivity index (χ4v) is 5.18. The highest BCUT2D eigenvalue weighted by Crippen LogP contribution is 2.25. The first-order chi connectivity index (χ1) is 18.4. The fourth-order valence-electron chi connectivity index (χ4n) is 4.24. The molecule has 0 radical (unpaired) electrons. The summed E-state index contributed by atoms with van der Waals surface area (Å²) in [6.07, 6.45) is 1.47. The van der Waals surface area contributed by atoms with Gasteiger partial charge in [-0.25, -0.2) is 14.6 Å². The highest BCUT2D eigenvalue weighted by molar-refractivity contribution is 7.98. The van der Waals surface area contributed by atoms with Gasteiger partial charge in [0.15, 0.2) is 16.6 Å². The van der Waals surface area contributed by atoms with Crippen molar-refractivity contribution < 1.29 is 18.7 Å². The standard InChI is InChI=1S/C26H27N7O4S/c1-17-15-18(2)28-26(27-17)38-16-21-23(29-30-33(21)19-6-8-20(36-3)9-7-19)25(35)32-12-10-31(11-13-32)24(34)22-5-4-14-37-22/h4-9,14-15H,10-13,16H2,1-3H3. The lowest BCUT2D eigenvalue weighted by Crippen LogP contribution is -2.50. The van der Waals surface area contributed by atoms with Crippen molar-refractivity contribution in [3.8, 4) is 11.4 Å². The number of rotatable bonds is 7. The number of nitrogens with zero attached hydrogens (tertiary/aromatic N) is 7. The van der Waals surface area contributed by atoms with Crippen LogP contribution < -0.4 is 4.74 Å². The molecule has 0 N–H and O–H groups in total. The number of methoxy groups -OCH3 is 1. The number of carbonyl (C=O) groups excluding carboxylic acids is 2. The fraction of sp³-hybridized carbons (Fsp3) is 0.308. The van der Waals surface area contributed by atoms with E-state index in [0.29, 0.717) is 54.3 Å². The van der Waals surface area contributed by atoms with Crippen molar-refractivity contribution in [1.82, 2.24) is 34.8 Å². The number of hydrogen-bond acceptors (Lipinski definition) is 9. The number of furan rings is 1. The van der Waals surface area contributed by atoms with Crippen molar-refractivity contribution in [1.29, 1.82) is 0 Å². The largest absolute Gasteiger partial charge is 0.497 e. The van der Waals surface area contributed by atoms with E-state index in [1.807, 2.05) is 44.2 Å². The first-order valence-electron chi connectivity index (χ1n) is 12.1. The van der Waals surface area contributed by atoms with Gasteiger partial charge in [-0.3, -0.25) is 9.59 Å². The first kappa shape index (κ1) is 25.5. The molecule has 196 valence electrons. The number of hydrogen-bond donors (Lipinski definition) is 0. The van der Waals surface area contributed by atoms with E-state index >= 15 is 0 Å². The van der Waals surface area contributed by atoms with Gasteiger partial charge in [0.25, 0.3) is 11.8 Å². The molecule has 2 amide bonds. The van der Waals surface area contributed by atoms with Crippen molar-refractivity contribution in [2.24, 2.45) is 0 Å². The lowest BCUT2D eigenvalue weighted by atomic mass is 10.2. The van der Waals surface area contributed by atoms with Crippen molar-refractivity contribution in [3.63, 3.8) is 0 Å². The molecule has 1 aliphatic heterocycles. The van der Waals surface area contributed by atoms with Gasteiger partial charge in [0.2, 0.25) is 0 Å². The minimum atomic E-state index is -0.230. The van der Waals surface area contributed by atoms with E-state index < -0.39 is 0 Å². The smallest absolute Gasteiger partial charge is 0.289 e. The number of piperazine rings is 1. The van der Waals surface area contributed by atoms with Gasteiger partial charge >= 0.3 is 0 Å². The van der Waals surface area contributed by atoms with E-state index in [1.54, 1.807) is 33.7 Å². The van der Waals surface area contributed by atoms with E-state index in [4.69, 9.17) is 9.15 Å². The van der Waals surface area contributed by atoms with Gasteiger partial charge in [-0.05, 0) is 56.3 Å². The Bertz CT molecular complexity index is 1410. The van der Waals surface area contributed by atoms with Crippen LogP contribution in [0.25, 0.3) is 5.69 Å². The second kappa shape index (κ2) is 11.1. The molecule has 0 saturated carbocycles. The molecule has 12 heteroatoms. The van der Waals surface area contributed by atoms with Gasteiger partial charge in [-0.2, -0.15) is 0 Å². The van der Waals surface area contributed by atoms with E-state index in [-0.39, 0.29) is 17.5 Å².